The van der Waals surface area contributed by atoms with Crippen LogP contribution >= 0.6 is 0 Å². The van der Waals surface area contributed by atoms with Crippen LogP contribution in [0.25, 0.3) is 0 Å². The monoisotopic (exact) mass is 125 g/mol. The molecule has 1 aliphatic rings. The Morgan fingerprint density at radius 1 is 1.89 bits per heavy atom. The van der Waals surface area contributed by atoms with Crippen molar-refractivity contribution in [3.8, 4) is 0 Å². The van der Waals surface area contributed by atoms with Gasteiger partial charge in [0.1, 0.15) is 0 Å². The summed E-state index contributed by atoms with van der Waals surface area (Å²) in [4.78, 5) is 10.7. The lowest BCUT2D eigenvalue weighted by Gasteiger charge is -2.17. The SMILES string of the molecule is C=CC1(C)CCC(=O)N1. The molecule has 1 saturated heterocycles. The summed E-state index contributed by atoms with van der Waals surface area (Å²) >= 11 is 0. The van der Waals surface area contributed by atoms with Gasteiger partial charge in [0.15, 0.2) is 0 Å². The molecule has 1 heterocycles. The molecule has 2 nitrogen and oxygen atoms in total. The smallest absolute Gasteiger partial charge is 0.220 e. The van der Waals surface area contributed by atoms with Gasteiger partial charge in [-0.05, 0) is 13.3 Å². The van der Waals surface area contributed by atoms with Gasteiger partial charge in [-0.3, -0.25) is 4.79 Å². The van der Waals surface area contributed by atoms with Crippen molar-refractivity contribution in [3.63, 3.8) is 0 Å². The lowest BCUT2D eigenvalue weighted by Crippen LogP contribution is -2.35. The zero-order valence-corrected chi connectivity index (χ0v) is 5.61. The number of rotatable bonds is 1. The number of amides is 1. The van der Waals surface area contributed by atoms with Crippen molar-refractivity contribution in [2.24, 2.45) is 0 Å². The second kappa shape index (κ2) is 1.87. The molecule has 0 bridgehead atoms. The lowest BCUT2D eigenvalue weighted by atomic mass is 10.0. The Hall–Kier alpha value is -0.790. The van der Waals surface area contributed by atoms with Gasteiger partial charge in [0.2, 0.25) is 5.91 Å². The van der Waals surface area contributed by atoms with Gasteiger partial charge in [-0.1, -0.05) is 6.08 Å². The average molecular weight is 125 g/mol. The van der Waals surface area contributed by atoms with E-state index >= 15 is 0 Å². The van der Waals surface area contributed by atoms with Crippen molar-refractivity contribution in [1.82, 2.24) is 5.32 Å². The Kier molecular flexibility index (Phi) is 1.31. The summed E-state index contributed by atoms with van der Waals surface area (Å²) in [6.07, 6.45) is 3.32. The molecule has 1 N–H and O–H groups in total. The standard InChI is InChI=1S/C7H11NO/c1-3-7(2)5-4-6(9)8-7/h3H,1,4-5H2,2H3,(H,8,9). The summed E-state index contributed by atoms with van der Waals surface area (Å²) in [6, 6.07) is 0. The van der Waals surface area contributed by atoms with E-state index in [0.29, 0.717) is 6.42 Å². The second-order valence-electron chi connectivity index (χ2n) is 2.67. The molecule has 50 valence electrons. The quantitative estimate of drug-likeness (QED) is 0.517. The highest BCUT2D eigenvalue weighted by molar-refractivity contribution is 5.79. The van der Waals surface area contributed by atoms with Crippen LogP contribution < -0.4 is 5.32 Å². The fraction of sp³-hybridized carbons (Fsp3) is 0.571. The van der Waals surface area contributed by atoms with E-state index in [4.69, 9.17) is 0 Å². The van der Waals surface area contributed by atoms with Gasteiger partial charge in [0.05, 0.1) is 5.54 Å². The molecule has 1 atom stereocenters. The second-order valence-corrected chi connectivity index (χ2v) is 2.67. The molecule has 1 unspecified atom stereocenters. The van der Waals surface area contributed by atoms with Gasteiger partial charge in [-0.15, -0.1) is 6.58 Å². The first kappa shape index (κ1) is 6.33. The number of carbonyl (C=O) groups excluding carboxylic acids is 1. The summed E-state index contributed by atoms with van der Waals surface area (Å²) in [5.41, 5.74) is -0.128. The fourth-order valence-corrected chi connectivity index (χ4v) is 0.970. The molecule has 1 rings (SSSR count). The first-order chi connectivity index (χ1) is 4.16. The van der Waals surface area contributed by atoms with Crippen molar-refractivity contribution in [2.75, 3.05) is 0 Å². The number of hydrogen-bond donors (Lipinski definition) is 1. The number of carbonyl (C=O) groups is 1. The molecular formula is C7H11NO. The highest BCUT2D eigenvalue weighted by Crippen LogP contribution is 2.19. The maximum atomic E-state index is 10.7. The molecule has 0 aromatic carbocycles. The Balaban J connectivity index is 2.65. The van der Waals surface area contributed by atoms with Crippen molar-refractivity contribution in [1.29, 1.82) is 0 Å². The minimum atomic E-state index is -0.128. The van der Waals surface area contributed by atoms with Crippen LogP contribution in [0.4, 0.5) is 0 Å². The van der Waals surface area contributed by atoms with E-state index in [1.807, 2.05) is 6.92 Å². The Labute approximate surface area is 54.9 Å². The van der Waals surface area contributed by atoms with E-state index in [0.717, 1.165) is 6.42 Å². The molecule has 0 saturated carbocycles. The van der Waals surface area contributed by atoms with Crippen molar-refractivity contribution >= 4 is 5.91 Å². The van der Waals surface area contributed by atoms with E-state index < -0.39 is 0 Å². The molecule has 0 aliphatic carbocycles. The van der Waals surface area contributed by atoms with Crippen LogP contribution in [0, 0.1) is 0 Å². The van der Waals surface area contributed by atoms with Crippen LogP contribution in [-0.2, 0) is 4.79 Å². The Morgan fingerprint density at radius 2 is 2.56 bits per heavy atom. The highest BCUT2D eigenvalue weighted by Gasteiger charge is 2.29. The molecule has 0 aromatic heterocycles. The maximum Gasteiger partial charge on any atom is 0.220 e. The van der Waals surface area contributed by atoms with Crippen LogP contribution in [0.3, 0.4) is 0 Å². The fourth-order valence-electron chi connectivity index (χ4n) is 0.970. The zero-order valence-electron chi connectivity index (χ0n) is 5.61. The predicted octanol–water partition coefficient (Wildman–Crippen LogP) is 0.841. The first-order valence-corrected chi connectivity index (χ1v) is 3.11. The first-order valence-electron chi connectivity index (χ1n) is 3.11. The van der Waals surface area contributed by atoms with E-state index in [-0.39, 0.29) is 11.4 Å². The summed E-state index contributed by atoms with van der Waals surface area (Å²) in [5, 5.41) is 2.82. The topological polar surface area (TPSA) is 29.1 Å². The minimum Gasteiger partial charge on any atom is -0.347 e. The van der Waals surface area contributed by atoms with Gasteiger partial charge in [0.25, 0.3) is 0 Å². The van der Waals surface area contributed by atoms with Crippen molar-refractivity contribution < 1.29 is 4.79 Å². The number of nitrogens with one attached hydrogen (secondary N) is 1. The van der Waals surface area contributed by atoms with Gasteiger partial charge in [0, 0.05) is 6.42 Å². The lowest BCUT2D eigenvalue weighted by molar-refractivity contribution is -0.119. The molecule has 0 spiro atoms. The Morgan fingerprint density at radius 3 is 2.78 bits per heavy atom. The molecule has 1 aliphatic heterocycles. The van der Waals surface area contributed by atoms with Gasteiger partial charge in [-0.2, -0.15) is 0 Å². The third-order valence-electron chi connectivity index (χ3n) is 1.75. The van der Waals surface area contributed by atoms with Gasteiger partial charge in [-0.25, -0.2) is 0 Å². The van der Waals surface area contributed by atoms with E-state index in [1.165, 1.54) is 0 Å². The summed E-state index contributed by atoms with van der Waals surface area (Å²) < 4.78 is 0. The zero-order chi connectivity index (χ0) is 6.91. The van der Waals surface area contributed by atoms with Crippen LogP contribution in [0.5, 0.6) is 0 Å². The third-order valence-corrected chi connectivity index (χ3v) is 1.75. The van der Waals surface area contributed by atoms with Crippen LogP contribution in [0.1, 0.15) is 19.8 Å². The Bertz CT molecular complexity index is 153. The minimum absolute atomic E-state index is 0.128. The normalized spacial score (nSPS) is 34.1. The van der Waals surface area contributed by atoms with E-state index in [9.17, 15) is 4.79 Å². The largest absolute Gasteiger partial charge is 0.347 e. The average Bonchev–Trinajstić information content (AvgIpc) is 2.13. The van der Waals surface area contributed by atoms with Crippen molar-refractivity contribution in [3.05, 3.63) is 12.7 Å². The summed E-state index contributed by atoms with van der Waals surface area (Å²) in [6.45, 7) is 5.61. The van der Waals surface area contributed by atoms with Gasteiger partial charge < -0.3 is 5.32 Å². The van der Waals surface area contributed by atoms with Crippen molar-refractivity contribution in [2.45, 2.75) is 25.3 Å². The van der Waals surface area contributed by atoms with Crippen LogP contribution in [0.15, 0.2) is 12.7 Å². The maximum absolute atomic E-state index is 10.7. The number of hydrogen-bond acceptors (Lipinski definition) is 1. The van der Waals surface area contributed by atoms with Crippen LogP contribution in [-0.4, -0.2) is 11.4 Å². The van der Waals surface area contributed by atoms with Crippen LogP contribution in [0.2, 0.25) is 0 Å². The van der Waals surface area contributed by atoms with E-state index in [1.54, 1.807) is 6.08 Å². The summed E-state index contributed by atoms with van der Waals surface area (Å²) in [5.74, 6) is 0.136. The molecule has 1 fully saturated rings. The predicted molar refractivity (Wildman–Crippen MR) is 36.0 cm³/mol. The molecule has 0 radical (unpaired) electrons. The molecule has 9 heavy (non-hydrogen) atoms. The molecule has 2 heteroatoms. The molecular weight excluding hydrogens is 114 g/mol. The highest BCUT2D eigenvalue weighted by atomic mass is 16.2. The summed E-state index contributed by atoms with van der Waals surface area (Å²) in [7, 11) is 0. The molecule has 1 amide bonds. The van der Waals surface area contributed by atoms with Gasteiger partial charge >= 0.3 is 0 Å². The van der Waals surface area contributed by atoms with E-state index in [2.05, 4.69) is 11.9 Å². The molecule has 0 aromatic rings. The third kappa shape index (κ3) is 1.12.